The highest BCUT2D eigenvalue weighted by atomic mass is 16.5. The number of carboxylic acid groups (broad SMARTS) is 1. The molecule has 6 nitrogen and oxygen atoms in total. The number of carbonyl (C=O) groups excluding carboxylic acids is 1. The van der Waals surface area contributed by atoms with Crippen molar-refractivity contribution in [1.29, 1.82) is 0 Å². The van der Waals surface area contributed by atoms with Crippen LogP contribution in [0.15, 0.2) is 29.4 Å². The second-order valence-corrected chi connectivity index (χ2v) is 4.82. The second kappa shape index (κ2) is 5.32. The predicted octanol–water partition coefficient (Wildman–Crippen LogP) is 1.90. The van der Waals surface area contributed by atoms with E-state index < -0.39 is 17.8 Å². The van der Waals surface area contributed by atoms with E-state index >= 15 is 0 Å². The molecule has 1 aliphatic rings. The molecule has 1 N–H and O–H groups in total. The topological polar surface area (TPSA) is 79.2 Å². The van der Waals surface area contributed by atoms with E-state index in [-0.39, 0.29) is 11.8 Å². The van der Waals surface area contributed by atoms with Gasteiger partial charge in [0.15, 0.2) is 5.92 Å². The first kappa shape index (κ1) is 14.0. The summed E-state index contributed by atoms with van der Waals surface area (Å²) in [5, 5.41) is 14.1. The molecule has 0 aromatic heterocycles. The first-order valence-corrected chi connectivity index (χ1v) is 6.28. The maximum absolute atomic E-state index is 12.0. The van der Waals surface area contributed by atoms with Gasteiger partial charge in [0.05, 0.1) is 17.5 Å². The first-order valence-electron chi connectivity index (χ1n) is 6.28. The minimum absolute atomic E-state index is 0.0610. The Morgan fingerprint density at radius 2 is 1.95 bits per heavy atom. The number of rotatable bonds is 4. The van der Waals surface area contributed by atoms with Crippen LogP contribution in [-0.4, -0.2) is 28.8 Å². The standard InChI is InChI=1S/C14H16N2O4/c1-8(2)20-11-6-4-10(5-7-11)16-13(17)12(14(18)19)9(3)15-16/h4-8,12H,1-3H3,(H,18,19). The molecule has 0 aliphatic carbocycles. The number of carboxylic acids is 1. The quantitative estimate of drug-likeness (QED) is 0.852. The van der Waals surface area contributed by atoms with Gasteiger partial charge in [-0.2, -0.15) is 10.1 Å². The molecule has 1 amide bonds. The molecular formula is C14H16N2O4. The largest absolute Gasteiger partial charge is 0.491 e. The maximum Gasteiger partial charge on any atom is 0.322 e. The zero-order valence-electron chi connectivity index (χ0n) is 11.5. The molecule has 0 bridgehead atoms. The van der Waals surface area contributed by atoms with Crippen LogP contribution in [0.4, 0.5) is 5.69 Å². The van der Waals surface area contributed by atoms with Crippen LogP contribution in [0.2, 0.25) is 0 Å². The van der Waals surface area contributed by atoms with Crippen LogP contribution in [0.25, 0.3) is 0 Å². The minimum atomic E-state index is -1.19. The van der Waals surface area contributed by atoms with Gasteiger partial charge in [-0.15, -0.1) is 0 Å². The number of hydrogen-bond acceptors (Lipinski definition) is 4. The lowest BCUT2D eigenvalue weighted by atomic mass is 10.1. The molecule has 1 aromatic rings. The van der Waals surface area contributed by atoms with E-state index in [0.717, 1.165) is 5.01 Å². The Morgan fingerprint density at radius 3 is 2.40 bits per heavy atom. The summed E-state index contributed by atoms with van der Waals surface area (Å²) in [7, 11) is 0. The fourth-order valence-electron chi connectivity index (χ4n) is 1.97. The van der Waals surface area contributed by atoms with Crippen molar-refractivity contribution in [2.75, 3.05) is 5.01 Å². The third-order valence-electron chi connectivity index (χ3n) is 2.83. The van der Waals surface area contributed by atoms with Crippen molar-refractivity contribution in [2.24, 2.45) is 11.0 Å². The second-order valence-electron chi connectivity index (χ2n) is 4.82. The Bertz CT molecular complexity index is 563. The molecule has 20 heavy (non-hydrogen) atoms. The highest BCUT2D eigenvalue weighted by Gasteiger charge is 2.39. The van der Waals surface area contributed by atoms with Crippen LogP contribution in [0.3, 0.4) is 0 Å². The van der Waals surface area contributed by atoms with E-state index in [1.54, 1.807) is 24.3 Å². The van der Waals surface area contributed by atoms with Crippen LogP contribution in [0.5, 0.6) is 5.75 Å². The van der Waals surface area contributed by atoms with Crippen molar-refractivity contribution >= 4 is 23.3 Å². The summed E-state index contributed by atoms with van der Waals surface area (Å²) in [5.74, 6) is -2.24. The molecule has 0 saturated heterocycles. The zero-order chi connectivity index (χ0) is 14.9. The number of nitrogens with zero attached hydrogens (tertiary/aromatic N) is 2. The number of carbonyl (C=O) groups is 2. The molecule has 0 fully saturated rings. The summed E-state index contributed by atoms with van der Waals surface area (Å²) in [6.07, 6.45) is 0.0610. The molecule has 106 valence electrons. The normalized spacial score (nSPS) is 18.4. The average Bonchev–Trinajstić information content (AvgIpc) is 2.65. The molecule has 1 aromatic carbocycles. The predicted molar refractivity (Wildman–Crippen MR) is 73.9 cm³/mol. The van der Waals surface area contributed by atoms with E-state index in [2.05, 4.69) is 5.10 Å². The fraction of sp³-hybridized carbons (Fsp3) is 0.357. The van der Waals surface area contributed by atoms with Crippen molar-refractivity contribution in [3.63, 3.8) is 0 Å². The van der Waals surface area contributed by atoms with Crippen molar-refractivity contribution in [2.45, 2.75) is 26.9 Å². The summed E-state index contributed by atoms with van der Waals surface area (Å²) in [6, 6.07) is 6.80. The van der Waals surface area contributed by atoms with Gasteiger partial charge in [0.25, 0.3) is 5.91 Å². The third-order valence-corrected chi connectivity index (χ3v) is 2.83. The van der Waals surface area contributed by atoms with Gasteiger partial charge in [-0.05, 0) is 45.0 Å². The lowest BCUT2D eigenvalue weighted by Gasteiger charge is -2.14. The summed E-state index contributed by atoms with van der Waals surface area (Å²) < 4.78 is 5.51. The minimum Gasteiger partial charge on any atom is -0.491 e. The van der Waals surface area contributed by atoms with Crippen molar-refractivity contribution in [1.82, 2.24) is 0 Å². The molecule has 6 heteroatoms. The molecule has 0 radical (unpaired) electrons. The molecule has 1 heterocycles. The van der Waals surface area contributed by atoms with Crippen LogP contribution in [0, 0.1) is 5.92 Å². The van der Waals surface area contributed by atoms with Crippen molar-refractivity contribution in [3.05, 3.63) is 24.3 Å². The monoisotopic (exact) mass is 276 g/mol. The van der Waals surface area contributed by atoms with Crippen LogP contribution in [-0.2, 0) is 9.59 Å². The Kier molecular flexibility index (Phi) is 3.74. The van der Waals surface area contributed by atoms with E-state index in [1.165, 1.54) is 6.92 Å². The third kappa shape index (κ3) is 2.64. The summed E-state index contributed by atoms with van der Waals surface area (Å²) in [4.78, 5) is 23.0. The Labute approximate surface area is 116 Å². The molecule has 2 rings (SSSR count). The lowest BCUT2D eigenvalue weighted by Crippen LogP contribution is -2.32. The molecule has 0 saturated carbocycles. The number of hydrazone groups is 1. The maximum atomic E-state index is 12.0. The number of hydrogen-bond donors (Lipinski definition) is 1. The number of aliphatic carboxylic acids is 1. The van der Waals surface area contributed by atoms with Crippen LogP contribution in [0.1, 0.15) is 20.8 Å². The van der Waals surface area contributed by atoms with Gasteiger partial charge in [-0.3, -0.25) is 9.59 Å². The Morgan fingerprint density at radius 1 is 1.35 bits per heavy atom. The van der Waals surface area contributed by atoms with Gasteiger partial charge in [-0.25, -0.2) is 0 Å². The first-order chi connectivity index (χ1) is 9.40. The van der Waals surface area contributed by atoms with Gasteiger partial charge in [-0.1, -0.05) is 0 Å². The molecule has 1 unspecified atom stereocenters. The van der Waals surface area contributed by atoms with Gasteiger partial charge in [0.1, 0.15) is 5.75 Å². The van der Waals surface area contributed by atoms with Crippen molar-refractivity contribution in [3.8, 4) is 5.75 Å². The number of ether oxygens (including phenoxy) is 1. The zero-order valence-corrected chi connectivity index (χ0v) is 11.5. The molecule has 0 spiro atoms. The highest BCUT2D eigenvalue weighted by Crippen LogP contribution is 2.26. The van der Waals surface area contributed by atoms with Crippen LogP contribution < -0.4 is 9.75 Å². The van der Waals surface area contributed by atoms with Crippen LogP contribution >= 0.6 is 0 Å². The summed E-state index contributed by atoms with van der Waals surface area (Å²) in [6.45, 7) is 5.37. The number of anilines is 1. The Hall–Kier alpha value is -2.37. The molecule has 1 aliphatic heterocycles. The van der Waals surface area contributed by atoms with Gasteiger partial charge in [0, 0.05) is 0 Å². The van der Waals surface area contributed by atoms with E-state index in [0.29, 0.717) is 11.4 Å². The Balaban J connectivity index is 2.21. The fourth-order valence-corrected chi connectivity index (χ4v) is 1.97. The number of amides is 1. The summed E-state index contributed by atoms with van der Waals surface area (Å²) >= 11 is 0. The van der Waals surface area contributed by atoms with E-state index in [9.17, 15) is 9.59 Å². The highest BCUT2D eigenvalue weighted by molar-refractivity contribution is 6.25. The van der Waals surface area contributed by atoms with Gasteiger partial charge >= 0.3 is 5.97 Å². The van der Waals surface area contributed by atoms with E-state index in [1.807, 2.05) is 13.8 Å². The molecule has 1 atom stereocenters. The smallest absolute Gasteiger partial charge is 0.322 e. The lowest BCUT2D eigenvalue weighted by molar-refractivity contribution is -0.142. The summed E-state index contributed by atoms with van der Waals surface area (Å²) in [5.41, 5.74) is 0.805. The van der Waals surface area contributed by atoms with E-state index in [4.69, 9.17) is 9.84 Å². The number of benzene rings is 1. The van der Waals surface area contributed by atoms with Crippen molar-refractivity contribution < 1.29 is 19.4 Å². The van der Waals surface area contributed by atoms with Gasteiger partial charge in [0.2, 0.25) is 0 Å². The molecular weight excluding hydrogens is 260 g/mol. The average molecular weight is 276 g/mol. The SMILES string of the molecule is CC1=NN(c2ccc(OC(C)C)cc2)C(=O)C1C(=O)O. The van der Waals surface area contributed by atoms with Gasteiger partial charge < -0.3 is 9.84 Å².